The van der Waals surface area contributed by atoms with Crippen LogP contribution in [0.4, 0.5) is 27.5 Å². The number of anilines is 4. The average molecular weight is 807 g/mol. The molecule has 6 rings (SSSR count). The quantitative estimate of drug-likeness (QED) is 0.0894. The van der Waals surface area contributed by atoms with Gasteiger partial charge in [0.25, 0.3) is 30.4 Å². The van der Waals surface area contributed by atoms with Crippen molar-refractivity contribution < 1.29 is 53.3 Å². The molecule has 0 aromatic heterocycles. The number of carbonyl (C=O) groups excluding carboxylic acids is 3. The fourth-order valence-corrected chi connectivity index (χ4v) is 7.28. The van der Waals surface area contributed by atoms with Gasteiger partial charge in [0.05, 0.1) is 16.3 Å². The minimum atomic E-state index is -5.05. The van der Waals surface area contributed by atoms with Gasteiger partial charge in [0.2, 0.25) is 11.6 Å². The Bertz CT molecular complexity index is 2800. The Balaban J connectivity index is 1.22. The zero-order valence-electron chi connectivity index (χ0n) is 27.9. The van der Waals surface area contributed by atoms with Crippen molar-refractivity contribution in [3.05, 3.63) is 123 Å². The first-order valence-electron chi connectivity index (χ1n) is 15.4. The first kappa shape index (κ1) is 38.4. The lowest BCUT2D eigenvalue weighted by Gasteiger charge is -2.18. The van der Waals surface area contributed by atoms with E-state index in [1.54, 1.807) is 30.3 Å². The number of hydrazone groups is 2. The second kappa shape index (κ2) is 14.5. The molecule has 0 atom stereocenters. The average Bonchev–Trinajstić information content (AvgIpc) is 3.10. The Hall–Kier alpha value is -6.36. The van der Waals surface area contributed by atoms with Crippen molar-refractivity contribution in [2.75, 3.05) is 21.5 Å². The summed E-state index contributed by atoms with van der Waals surface area (Å²) in [5, 5.41) is 12.8. The largest absolute Gasteiger partial charge is 0.323 e. The van der Waals surface area contributed by atoms with Gasteiger partial charge >= 0.3 is 6.03 Å². The maximum atomic E-state index is 13.4. The van der Waals surface area contributed by atoms with Crippen molar-refractivity contribution in [3.63, 3.8) is 0 Å². The highest BCUT2D eigenvalue weighted by molar-refractivity contribution is 7.91. The predicted molar refractivity (Wildman–Crippen MR) is 203 cm³/mol. The zero-order valence-corrected chi connectivity index (χ0v) is 30.3. The summed E-state index contributed by atoms with van der Waals surface area (Å²) in [6.07, 6.45) is 1.98. The third-order valence-electron chi connectivity index (χ3n) is 7.99. The molecule has 2 aliphatic rings. The van der Waals surface area contributed by atoms with Crippen molar-refractivity contribution in [1.29, 1.82) is 0 Å². The van der Waals surface area contributed by atoms with Gasteiger partial charge in [0.1, 0.15) is 9.81 Å². The fraction of sp³-hybridized carbons (Fsp3) is 0.0294. The predicted octanol–water partition coefficient (Wildman–Crippen LogP) is 4.67. The molecule has 2 aliphatic carbocycles. The molecule has 18 nitrogen and oxygen atoms in total. The standard InChI is InChI=1S/C34H26N6O12S3/c1-18-13-24(53(44,45)46)9-12-27(18)38-40-31-29(55(50,51)52)17-20-15-23(8-11-26(20)33(31)42)36-34(43)35-22-7-10-25-19(14-22)16-28(54(47,48)49)30(32(25)41)39-37-21-5-3-2-4-6-21/h2-17,37-38H,1H3,(H2,35,36,43)(H,44,45,46)(H,47,48,49)(H,50,51,52)/b39-30-,40-31-. The lowest BCUT2D eigenvalue weighted by atomic mass is 9.94. The van der Waals surface area contributed by atoms with Gasteiger partial charge < -0.3 is 10.6 Å². The molecule has 0 fully saturated rings. The number of hydrogen-bond donors (Lipinski definition) is 7. The minimum absolute atomic E-state index is 0.0162. The van der Waals surface area contributed by atoms with Crippen LogP contribution in [0.3, 0.4) is 0 Å². The molecule has 0 unspecified atom stereocenters. The summed E-state index contributed by atoms with van der Waals surface area (Å²) in [4.78, 5) is 37.6. The van der Waals surface area contributed by atoms with E-state index in [2.05, 4.69) is 31.7 Å². The summed E-state index contributed by atoms with van der Waals surface area (Å²) in [5.41, 5.74) is 4.79. The SMILES string of the molecule is Cc1cc(S(=O)(=O)O)ccc1N/N=C1\C(=O)c2ccc(NC(=O)Nc3ccc4c(c3)C=C(S(=O)(=O)O)/C(=N/Nc3ccccc3)C4=O)cc2C=C1S(=O)(=O)O. The molecule has 4 aromatic carbocycles. The van der Waals surface area contributed by atoms with E-state index in [-0.39, 0.29) is 44.9 Å². The van der Waals surface area contributed by atoms with Gasteiger partial charge in [-0.1, -0.05) is 18.2 Å². The summed E-state index contributed by atoms with van der Waals surface area (Å²) in [6.45, 7) is 1.46. The molecule has 0 aliphatic heterocycles. The molecule has 55 heavy (non-hydrogen) atoms. The molecule has 4 aromatic rings. The van der Waals surface area contributed by atoms with Crippen molar-refractivity contribution in [2.24, 2.45) is 10.2 Å². The second-order valence-electron chi connectivity index (χ2n) is 11.8. The number of nitrogens with zero attached hydrogens (tertiary/aromatic N) is 2. The van der Waals surface area contributed by atoms with E-state index in [0.29, 0.717) is 5.69 Å². The molecule has 0 saturated heterocycles. The van der Waals surface area contributed by atoms with Crippen LogP contribution >= 0.6 is 0 Å². The highest BCUT2D eigenvalue weighted by atomic mass is 32.2. The van der Waals surface area contributed by atoms with Crippen molar-refractivity contribution in [1.82, 2.24) is 0 Å². The molecule has 282 valence electrons. The maximum Gasteiger partial charge on any atom is 0.323 e. The van der Waals surface area contributed by atoms with Crippen molar-refractivity contribution in [2.45, 2.75) is 11.8 Å². The Labute approximate surface area is 312 Å². The Morgan fingerprint density at radius 1 is 0.582 bits per heavy atom. The van der Waals surface area contributed by atoms with Crippen LogP contribution in [0.25, 0.3) is 12.2 Å². The third-order valence-corrected chi connectivity index (χ3v) is 10.6. The molecule has 0 heterocycles. The Kier molecular flexibility index (Phi) is 10.1. The van der Waals surface area contributed by atoms with Crippen LogP contribution < -0.4 is 21.5 Å². The van der Waals surface area contributed by atoms with E-state index < -0.39 is 74.1 Å². The molecule has 0 saturated carbocycles. The number of carbonyl (C=O) groups is 3. The topological polar surface area (TPSA) is 287 Å². The number of aryl methyl sites for hydroxylation is 1. The number of hydrogen-bond acceptors (Lipinski definition) is 13. The normalized spacial score (nSPS) is 15.8. The van der Waals surface area contributed by atoms with Gasteiger partial charge in [-0.3, -0.25) is 34.1 Å². The molecule has 21 heteroatoms. The third kappa shape index (κ3) is 8.41. The molecule has 2 amide bonds. The summed E-state index contributed by atoms with van der Waals surface area (Å²) in [5.74, 6) is -1.75. The molecular formula is C34H26N6O12S3. The van der Waals surface area contributed by atoms with E-state index in [4.69, 9.17) is 0 Å². The first-order chi connectivity index (χ1) is 25.8. The lowest BCUT2D eigenvalue weighted by Crippen LogP contribution is -2.27. The highest BCUT2D eigenvalue weighted by Gasteiger charge is 2.34. The minimum Gasteiger partial charge on any atom is -0.308 e. The van der Waals surface area contributed by atoms with Crippen LogP contribution in [-0.4, -0.2) is 67.9 Å². The number of ketones is 2. The number of nitrogens with one attached hydrogen (secondary N) is 4. The summed E-state index contributed by atoms with van der Waals surface area (Å²) >= 11 is 0. The van der Waals surface area contributed by atoms with Crippen molar-refractivity contribution in [3.8, 4) is 0 Å². The Morgan fingerprint density at radius 2 is 1.07 bits per heavy atom. The van der Waals surface area contributed by atoms with E-state index in [1.807, 2.05) is 0 Å². The van der Waals surface area contributed by atoms with Crippen LogP contribution in [0.15, 0.2) is 110 Å². The number of Topliss-reactive ketones (excluding diaryl/α,β-unsaturated/α-hetero) is 2. The summed E-state index contributed by atoms with van der Waals surface area (Å²) in [7, 11) is -14.5. The number of para-hydroxylation sites is 1. The summed E-state index contributed by atoms with van der Waals surface area (Å²) in [6, 6.07) is 18.7. The number of fused-ring (bicyclic) bond motifs is 2. The number of allylic oxidation sites excluding steroid dienone is 2. The van der Waals surface area contributed by atoms with Crippen LogP contribution in [-0.2, 0) is 30.4 Å². The smallest absolute Gasteiger partial charge is 0.308 e. The summed E-state index contributed by atoms with van der Waals surface area (Å²) < 4.78 is 101. The van der Waals surface area contributed by atoms with Gasteiger partial charge in [0, 0.05) is 22.5 Å². The molecule has 0 radical (unpaired) electrons. The molecule has 0 spiro atoms. The van der Waals surface area contributed by atoms with Gasteiger partial charge in [0.15, 0.2) is 11.4 Å². The van der Waals surface area contributed by atoms with Crippen molar-refractivity contribution >= 4 is 94.3 Å². The molecular weight excluding hydrogens is 781 g/mol. The van der Waals surface area contributed by atoms with Crippen LogP contribution in [0.2, 0.25) is 0 Å². The van der Waals surface area contributed by atoms with Gasteiger partial charge in [-0.05, 0) is 102 Å². The van der Waals surface area contributed by atoms with E-state index in [9.17, 15) is 53.3 Å². The zero-order chi connectivity index (χ0) is 39.9. The maximum absolute atomic E-state index is 13.4. The number of rotatable bonds is 9. The van der Waals surface area contributed by atoms with E-state index >= 15 is 0 Å². The van der Waals surface area contributed by atoms with Crippen LogP contribution in [0, 0.1) is 6.92 Å². The number of amides is 2. The number of urea groups is 1. The van der Waals surface area contributed by atoms with Gasteiger partial charge in [-0.2, -0.15) is 35.5 Å². The highest BCUT2D eigenvalue weighted by Crippen LogP contribution is 2.30. The number of benzene rings is 4. The first-order valence-corrected chi connectivity index (χ1v) is 19.8. The Morgan fingerprint density at radius 3 is 1.53 bits per heavy atom. The van der Waals surface area contributed by atoms with Crippen LogP contribution in [0.1, 0.15) is 37.4 Å². The lowest BCUT2D eigenvalue weighted by molar-refractivity contribution is 0.105. The van der Waals surface area contributed by atoms with E-state index in [0.717, 1.165) is 24.3 Å². The monoisotopic (exact) mass is 806 g/mol. The van der Waals surface area contributed by atoms with Crippen LogP contribution in [0.5, 0.6) is 0 Å². The van der Waals surface area contributed by atoms with E-state index in [1.165, 1.54) is 49.4 Å². The molecule has 0 bridgehead atoms. The van der Waals surface area contributed by atoms with Gasteiger partial charge in [-0.15, -0.1) is 0 Å². The molecule has 7 N–H and O–H groups in total. The second-order valence-corrected chi connectivity index (χ2v) is 16.0. The van der Waals surface area contributed by atoms with Gasteiger partial charge in [-0.25, -0.2) is 4.79 Å². The fourth-order valence-electron chi connectivity index (χ4n) is 5.40.